The summed E-state index contributed by atoms with van der Waals surface area (Å²) in [6.07, 6.45) is 0. The molecule has 6 nitrogen and oxygen atoms in total. The molecule has 0 N–H and O–H groups in total. The summed E-state index contributed by atoms with van der Waals surface area (Å²) in [5, 5.41) is 0. The number of fused-ring (bicyclic) bond motifs is 1. The number of nitrogens with zero attached hydrogens (tertiary/aromatic N) is 4. The van der Waals surface area contributed by atoms with Crippen LogP contribution in [0.2, 0.25) is 0 Å². The number of aromatic nitrogens is 4. The third-order valence-electron chi connectivity index (χ3n) is 3.16. The second-order valence-electron chi connectivity index (χ2n) is 4.49. The van der Waals surface area contributed by atoms with Crippen molar-refractivity contribution in [2.75, 3.05) is 0 Å². The number of hydrogen-bond acceptors (Lipinski definition) is 3. The van der Waals surface area contributed by atoms with Gasteiger partial charge in [0, 0.05) is 26.0 Å². The first kappa shape index (κ1) is 14.5. The van der Waals surface area contributed by atoms with Crippen LogP contribution in [0, 0.1) is 0 Å². The zero-order valence-electron chi connectivity index (χ0n) is 11.0. The van der Waals surface area contributed by atoms with Crippen LogP contribution in [0.1, 0.15) is 17.6 Å². The van der Waals surface area contributed by atoms with Crippen molar-refractivity contribution in [2.45, 2.75) is 16.6 Å². The molecule has 0 aliphatic carbocycles. The van der Waals surface area contributed by atoms with Gasteiger partial charge in [-0.3, -0.25) is 13.9 Å². The monoisotopic (exact) mass is 392 g/mol. The molecule has 0 fully saturated rings. The predicted molar refractivity (Wildman–Crippen MR) is 81.3 cm³/mol. The van der Waals surface area contributed by atoms with Crippen molar-refractivity contribution in [2.24, 2.45) is 21.1 Å². The average Bonchev–Trinajstić information content (AvgIpc) is 2.70. The average molecular weight is 394 g/mol. The molecular formula is C11H14Br2N4O2. The van der Waals surface area contributed by atoms with E-state index in [1.807, 2.05) is 6.92 Å². The first-order chi connectivity index (χ1) is 8.77. The molecule has 2 rings (SSSR count). The lowest BCUT2D eigenvalue weighted by atomic mass is 10.3. The molecule has 0 radical (unpaired) electrons. The third-order valence-corrected chi connectivity index (χ3v) is 5.60. The van der Waals surface area contributed by atoms with Crippen molar-refractivity contribution >= 4 is 43.0 Å². The molecule has 0 spiro atoms. The van der Waals surface area contributed by atoms with Crippen LogP contribution in [0.25, 0.3) is 11.2 Å². The Morgan fingerprint density at radius 1 is 1.05 bits per heavy atom. The maximum absolute atomic E-state index is 12.2. The zero-order chi connectivity index (χ0) is 14.5. The molecule has 2 aromatic heterocycles. The van der Waals surface area contributed by atoms with E-state index in [0.29, 0.717) is 17.0 Å². The molecule has 0 aliphatic heterocycles. The summed E-state index contributed by atoms with van der Waals surface area (Å²) in [4.78, 5) is 28.6. The van der Waals surface area contributed by atoms with Crippen LogP contribution >= 0.6 is 31.9 Å². The molecule has 19 heavy (non-hydrogen) atoms. The van der Waals surface area contributed by atoms with Crippen molar-refractivity contribution in [3.05, 3.63) is 26.7 Å². The Labute approximate surface area is 126 Å². The van der Waals surface area contributed by atoms with E-state index in [4.69, 9.17) is 0 Å². The molecule has 8 heteroatoms. The molecule has 0 saturated carbocycles. The van der Waals surface area contributed by atoms with E-state index < -0.39 is 0 Å². The first-order valence-electron chi connectivity index (χ1n) is 5.67. The summed E-state index contributed by atoms with van der Waals surface area (Å²) in [6, 6.07) is 0. The summed E-state index contributed by atoms with van der Waals surface area (Å²) in [6.45, 7) is 1.98. The quantitative estimate of drug-likeness (QED) is 0.720. The second kappa shape index (κ2) is 4.90. The van der Waals surface area contributed by atoms with Crippen LogP contribution in [0.3, 0.4) is 0 Å². The smallest absolute Gasteiger partial charge is 0.324 e. The number of aryl methyl sites for hydroxylation is 2. The van der Waals surface area contributed by atoms with E-state index >= 15 is 0 Å². The minimum Gasteiger partial charge on any atom is -0.324 e. The zero-order valence-corrected chi connectivity index (χ0v) is 14.2. The number of alkyl halides is 2. The van der Waals surface area contributed by atoms with Gasteiger partial charge in [0.05, 0.1) is 4.83 Å². The first-order valence-corrected chi connectivity index (χ1v) is 7.51. The highest BCUT2D eigenvalue weighted by Gasteiger charge is 2.23. The Morgan fingerprint density at radius 3 is 2.16 bits per heavy atom. The highest BCUT2D eigenvalue weighted by Crippen LogP contribution is 2.30. The van der Waals surface area contributed by atoms with Gasteiger partial charge in [-0.2, -0.15) is 0 Å². The van der Waals surface area contributed by atoms with Gasteiger partial charge >= 0.3 is 5.69 Å². The van der Waals surface area contributed by atoms with E-state index in [0.717, 1.165) is 4.57 Å². The van der Waals surface area contributed by atoms with Gasteiger partial charge in [-0.25, -0.2) is 9.78 Å². The van der Waals surface area contributed by atoms with Crippen LogP contribution in [0.5, 0.6) is 0 Å². The lowest BCUT2D eigenvalue weighted by molar-refractivity contribution is 0.705. The Bertz CT molecular complexity index is 757. The minimum absolute atomic E-state index is 0.0512. The van der Waals surface area contributed by atoms with Gasteiger partial charge in [-0.05, 0) is 0 Å². The Hall–Kier alpha value is -0.890. The molecule has 2 aromatic rings. The normalized spacial score (nSPS) is 14.8. The molecule has 0 aliphatic rings. The number of rotatable bonds is 2. The molecule has 0 amide bonds. The van der Waals surface area contributed by atoms with Gasteiger partial charge in [-0.1, -0.05) is 38.8 Å². The molecule has 2 atom stereocenters. The van der Waals surface area contributed by atoms with Crippen LogP contribution in [0.15, 0.2) is 9.59 Å². The summed E-state index contributed by atoms with van der Waals surface area (Å²) in [7, 11) is 4.86. The maximum atomic E-state index is 12.2. The fourth-order valence-electron chi connectivity index (χ4n) is 1.99. The fourth-order valence-corrected chi connectivity index (χ4v) is 2.63. The van der Waals surface area contributed by atoms with E-state index in [-0.39, 0.29) is 20.9 Å². The summed E-state index contributed by atoms with van der Waals surface area (Å²) in [5.74, 6) is 0.706. The Morgan fingerprint density at radius 2 is 1.63 bits per heavy atom. The lowest BCUT2D eigenvalue weighted by Gasteiger charge is -2.11. The van der Waals surface area contributed by atoms with Gasteiger partial charge in [-0.15, -0.1) is 0 Å². The lowest BCUT2D eigenvalue weighted by Crippen LogP contribution is -2.37. The topological polar surface area (TPSA) is 61.8 Å². The fraction of sp³-hybridized carbons (Fsp3) is 0.545. The van der Waals surface area contributed by atoms with E-state index in [2.05, 4.69) is 36.8 Å². The molecule has 2 heterocycles. The van der Waals surface area contributed by atoms with Gasteiger partial charge in [0.15, 0.2) is 11.2 Å². The van der Waals surface area contributed by atoms with Crippen molar-refractivity contribution in [1.82, 2.24) is 18.7 Å². The van der Waals surface area contributed by atoms with E-state index in [1.54, 1.807) is 18.7 Å². The largest absolute Gasteiger partial charge is 0.332 e. The molecule has 104 valence electrons. The minimum atomic E-state index is -0.375. The van der Waals surface area contributed by atoms with Crippen LogP contribution in [-0.4, -0.2) is 23.5 Å². The van der Waals surface area contributed by atoms with Crippen molar-refractivity contribution in [3.8, 4) is 0 Å². The summed E-state index contributed by atoms with van der Waals surface area (Å²) < 4.78 is 4.21. The summed E-state index contributed by atoms with van der Waals surface area (Å²) >= 11 is 7.02. The SMILES string of the molecule is C[C@H](Br)[C@H](Br)c1nc2c(c(=O)n(C)c(=O)n2C)n1C. The van der Waals surface area contributed by atoms with Gasteiger partial charge < -0.3 is 4.57 Å². The van der Waals surface area contributed by atoms with Crippen LogP contribution in [-0.2, 0) is 21.1 Å². The van der Waals surface area contributed by atoms with Crippen LogP contribution < -0.4 is 11.2 Å². The van der Waals surface area contributed by atoms with Gasteiger partial charge in [0.25, 0.3) is 5.56 Å². The molecular weight excluding hydrogens is 380 g/mol. The molecule has 0 bridgehead atoms. The number of hydrogen-bond donors (Lipinski definition) is 0. The molecule has 0 aromatic carbocycles. The highest BCUT2D eigenvalue weighted by molar-refractivity contribution is 9.12. The predicted octanol–water partition coefficient (Wildman–Crippen LogP) is 1.19. The summed E-state index contributed by atoms with van der Waals surface area (Å²) in [5.41, 5.74) is 0.127. The van der Waals surface area contributed by atoms with E-state index in [9.17, 15) is 9.59 Å². The highest BCUT2D eigenvalue weighted by atomic mass is 79.9. The number of imidazole rings is 1. The maximum Gasteiger partial charge on any atom is 0.332 e. The van der Waals surface area contributed by atoms with Crippen LogP contribution in [0.4, 0.5) is 0 Å². The Kier molecular flexibility index (Phi) is 3.74. The standard InChI is InChI=1S/C11H14Br2N4O2/c1-5(12)6(13)8-14-9-7(15(8)2)10(18)17(4)11(19)16(9)3/h5-6H,1-4H3/t5-,6-/m0/s1. The third kappa shape index (κ3) is 2.10. The van der Waals surface area contributed by atoms with Crippen molar-refractivity contribution in [1.29, 1.82) is 0 Å². The molecule has 0 unspecified atom stereocenters. The Balaban J connectivity index is 2.93. The molecule has 0 saturated heterocycles. The van der Waals surface area contributed by atoms with Gasteiger partial charge in [0.2, 0.25) is 0 Å². The van der Waals surface area contributed by atoms with E-state index in [1.165, 1.54) is 11.6 Å². The van der Waals surface area contributed by atoms with Gasteiger partial charge in [0.1, 0.15) is 5.82 Å². The second-order valence-corrected chi connectivity index (χ2v) is 6.92. The van der Waals surface area contributed by atoms with Crippen molar-refractivity contribution < 1.29 is 0 Å². The van der Waals surface area contributed by atoms with Crippen molar-refractivity contribution in [3.63, 3.8) is 0 Å². The number of halogens is 2.